The molecule has 1 aromatic rings. The van der Waals surface area contributed by atoms with Gasteiger partial charge in [0, 0.05) is 36.7 Å². The molecule has 2 heterocycles. The Morgan fingerprint density at radius 2 is 1.64 bits per heavy atom. The van der Waals surface area contributed by atoms with Crippen molar-refractivity contribution < 1.29 is 4.79 Å². The number of nitrogens with zero attached hydrogens (tertiary/aromatic N) is 3. The van der Waals surface area contributed by atoms with Crippen LogP contribution in [0.5, 0.6) is 0 Å². The van der Waals surface area contributed by atoms with E-state index in [9.17, 15) is 4.79 Å². The van der Waals surface area contributed by atoms with Crippen LogP contribution in [0.2, 0.25) is 0 Å². The predicted molar refractivity (Wildman–Crippen MR) is 142 cm³/mol. The van der Waals surface area contributed by atoms with E-state index in [0.717, 1.165) is 68.8 Å². The summed E-state index contributed by atoms with van der Waals surface area (Å²) in [6, 6.07) is 11.4. The van der Waals surface area contributed by atoms with Crippen LogP contribution in [-0.4, -0.2) is 58.9 Å². The zero-order valence-electron chi connectivity index (χ0n) is 20.9. The number of piperidine rings is 1. The van der Waals surface area contributed by atoms with Gasteiger partial charge in [0.15, 0.2) is 0 Å². The molecule has 33 heavy (non-hydrogen) atoms. The third kappa shape index (κ3) is 5.61. The Balaban J connectivity index is 1.41. The maximum Gasteiger partial charge on any atom is 0.250 e. The Morgan fingerprint density at radius 1 is 0.970 bits per heavy atom. The summed E-state index contributed by atoms with van der Waals surface area (Å²) in [6.07, 6.45) is 12.2. The van der Waals surface area contributed by atoms with E-state index >= 15 is 0 Å². The molecule has 2 saturated heterocycles. The third-order valence-corrected chi connectivity index (χ3v) is 9.28. The predicted octanol–water partition coefficient (Wildman–Crippen LogP) is 6.30. The van der Waals surface area contributed by atoms with Crippen molar-refractivity contribution in [1.82, 2.24) is 9.80 Å². The summed E-state index contributed by atoms with van der Waals surface area (Å²) in [5, 5.41) is 1.08. The second-order valence-corrected chi connectivity index (χ2v) is 11.7. The van der Waals surface area contributed by atoms with Gasteiger partial charge >= 0.3 is 0 Å². The molecular weight excluding hydrogens is 474 g/mol. The number of rotatable bonds is 9. The molecule has 2 aliphatic heterocycles. The maximum absolute atomic E-state index is 13.8. The first-order valence-corrected chi connectivity index (χ1v) is 14.6. The Labute approximate surface area is 210 Å². The molecule has 3 aliphatic rings. The minimum absolute atomic E-state index is 0.344. The van der Waals surface area contributed by atoms with Crippen molar-refractivity contribution in [3.05, 3.63) is 30.3 Å². The van der Waals surface area contributed by atoms with Crippen LogP contribution in [0.4, 0.5) is 5.69 Å². The molecule has 5 heteroatoms. The van der Waals surface area contributed by atoms with E-state index in [0.29, 0.717) is 5.91 Å². The van der Waals surface area contributed by atoms with E-state index in [4.69, 9.17) is 0 Å². The Hall–Kier alpha value is -1.07. The molecule has 1 aliphatic carbocycles. The van der Waals surface area contributed by atoms with Crippen molar-refractivity contribution >= 4 is 27.5 Å². The molecule has 1 spiro atoms. The molecule has 1 saturated carbocycles. The van der Waals surface area contributed by atoms with Crippen LogP contribution in [-0.2, 0) is 4.79 Å². The van der Waals surface area contributed by atoms with Gasteiger partial charge in [-0.25, -0.2) is 0 Å². The van der Waals surface area contributed by atoms with Crippen LogP contribution in [0, 0.1) is 11.8 Å². The maximum atomic E-state index is 13.8. The quantitative estimate of drug-likeness (QED) is 0.284. The minimum Gasteiger partial charge on any atom is -0.339 e. The summed E-state index contributed by atoms with van der Waals surface area (Å²) in [5.41, 5.74) is 0.863. The van der Waals surface area contributed by atoms with E-state index in [1.807, 2.05) is 0 Å². The number of likely N-dealkylation sites (tertiary alicyclic amines) is 1. The van der Waals surface area contributed by atoms with E-state index in [1.165, 1.54) is 50.6 Å². The second kappa shape index (κ2) is 11.6. The van der Waals surface area contributed by atoms with Gasteiger partial charge in [0.05, 0.1) is 6.67 Å². The van der Waals surface area contributed by atoms with Gasteiger partial charge in [0.25, 0.3) is 0 Å². The van der Waals surface area contributed by atoms with Gasteiger partial charge in [0.1, 0.15) is 5.54 Å². The number of hydrogen-bond donors (Lipinski definition) is 0. The van der Waals surface area contributed by atoms with Gasteiger partial charge in [-0.3, -0.25) is 4.79 Å². The molecule has 0 bridgehead atoms. The van der Waals surface area contributed by atoms with Crippen molar-refractivity contribution in [2.45, 2.75) is 89.6 Å². The number of alkyl halides is 1. The van der Waals surface area contributed by atoms with Gasteiger partial charge in [-0.05, 0) is 75.3 Å². The fourth-order valence-corrected chi connectivity index (χ4v) is 6.91. The van der Waals surface area contributed by atoms with Crippen LogP contribution < -0.4 is 4.90 Å². The summed E-state index contributed by atoms with van der Waals surface area (Å²) < 4.78 is 0. The Morgan fingerprint density at radius 3 is 2.27 bits per heavy atom. The number of anilines is 1. The van der Waals surface area contributed by atoms with Gasteiger partial charge in [-0.15, -0.1) is 0 Å². The number of carbonyl (C=O) groups is 1. The smallest absolute Gasteiger partial charge is 0.250 e. The number of benzene rings is 1. The fourth-order valence-electron chi connectivity index (χ4n) is 6.52. The summed E-state index contributed by atoms with van der Waals surface area (Å²) in [7, 11) is 0. The average Bonchev–Trinajstić information content (AvgIpc) is 3.11. The number of unbranched alkanes of at least 4 members (excludes halogenated alkanes) is 3. The molecule has 184 valence electrons. The largest absolute Gasteiger partial charge is 0.339 e. The van der Waals surface area contributed by atoms with Crippen LogP contribution in [0.1, 0.15) is 78.1 Å². The molecule has 4 nitrogen and oxygen atoms in total. The van der Waals surface area contributed by atoms with Gasteiger partial charge in [0.2, 0.25) is 5.91 Å². The summed E-state index contributed by atoms with van der Waals surface area (Å²) in [5.74, 6) is 2.11. The standard InChI is InChI=1S/C28H44BrN3O/c1-23(2)24-12-14-25(15-13-24)30-20-16-28(17-21-30)27(33)31(19-9-4-3-8-18-29)22-32(28)26-10-6-5-7-11-26/h5-7,10-11,23-25H,3-4,8-9,12-22H2,1-2H3. The van der Waals surface area contributed by atoms with E-state index < -0.39 is 0 Å². The van der Waals surface area contributed by atoms with Gasteiger partial charge in [-0.1, -0.05) is 60.8 Å². The second-order valence-electron chi connectivity index (χ2n) is 11.0. The molecule has 4 rings (SSSR count). The topological polar surface area (TPSA) is 26.8 Å². The zero-order chi connectivity index (χ0) is 23.3. The first-order valence-electron chi connectivity index (χ1n) is 13.5. The average molecular weight is 519 g/mol. The molecule has 0 aromatic heterocycles. The highest BCUT2D eigenvalue weighted by Crippen LogP contribution is 2.41. The number of carbonyl (C=O) groups excluding carboxylic acids is 1. The van der Waals surface area contributed by atoms with Crippen LogP contribution in [0.25, 0.3) is 0 Å². The fraction of sp³-hybridized carbons (Fsp3) is 0.750. The van der Waals surface area contributed by atoms with Crippen molar-refractivity contribution in [2.24, 2.45) is 11.8 Å². The highest BCUT2D eigenvalue weighted by Gasteiger charge is 2.53. The van der Waals surface area contributed by atoms with Crippen LogP contribution >= 0.6 is 15.9 Å². The third-order valence-electron chi connectivity index (χ3n) is 8.72. The number of amides is 1. The summed E-state index contributed by atoms with van der Waals surface area (Å²) >= 11 is 3.53. The molecule has 1 amide bonds. The van der Waals surface area contributed by atoms with Crippen molar-refractivity contribution in [1.29, 1.82) is 0 Å². The zero-order valence-corrected chi connectivity index (χ0v) is 22.4. The Kier molecular flexibility index (Phi) is 8.78. The summed E-state index contributed by atoms with van der Waals surface area (Å²) in [4.78, 5) is 21.2. The van der Waals surface area contributed by atoms with E-state index in [2.05, 4.69) is 74.8 Å². The lowest BCUT2D eigenvalue weighted by Gasteiger charge is -2.47. The highest BCUT2D eigenvalue weighted by atomic mass is 79.9. The molecule has 0 N–H and O–H groups in total. The van der Waals surface area contributed by atoms with Crippen LogP contribution in [0.15, 0.2) is 30.3 Å². The van der Waals surface area contributed by atoms with Crippen LogP contribution in [0.3, 0.4) is 0 Å². The lowest BCUT2D eigenvalue weighted by Crippen LogP contribution is -2.58. The molecule has 0 radical (unpaired) electrons. The number of halogens is 1. The molecule has 0 atom stereocenters. The Bertz CT molecular complexity index is 739. The van der Waals surface area contributed by atoms with Gasteiger partial charge in [-0.2, -0.15) is 0 Å². The number of para-hydroxylation sites is 1. The monoisotopic (exact) mass is 517 g/mol. The minimum atomic E-state index is -0.344. The number of hydrogen-bond acceptors (Lipinski definition) is 3. The van der Waals surface area contributed by atoms with E-state index in [-0.39, 0.29) is 5.54 Å². The molecule has 3 fully saturated rings. The van der Waals surface area contributed by atoms with Crippen molar-refractivity contribution in [2.75, 3.05) is 36.5 Å². The van der Waals surface area contributed by atoms with E-state index in [1.54, 1.807) is 0 Å². The molecule has 1 aromatic carbocycles. The molecular formula is C28H44BrN3O. The van der Waals surface area contributed by atoms with Gasteiger partial charge < -0.3 is 14.7 Å². The summed E-state index contributed by atoms with van der Waals surface area (Å²) in [6.45, 7) is 8.53. The van der Waals surface area contributed by atoms with Crippen molar-refractivity contribution in [3.63, 3.8) is 0 Å². The SMILES string of the molecule is CC(C)C1CCC(N2CCC3(CC2)C(=O)N(CCCCCCBr)CN3c2ccccc2)CC1. The lowest BCUT2D eigenvalue weighted by atomic mass is 9.78. The van der Waals surface area contributed by atoms with Crippen molar-refractivity contribution in [3.8, 4) is 0 Å². The normalized spacial score (nSPS) is 26.0. The molecule has 0 unspecified atom stereocenters. The lowest BCUT2D eigenvalue weighted by molar-refractivity contribution is -0.134. The first kappa shape index (κ1) is 25.0. The highest BCUT2D eigenvalue weighted by molar-refractivity contribution is 9.09. The first-order chi connectivity index (χ1) is 16.0.